The number of nitrogen functional groups attached to an aromatic ring is 1. The Labute approximate surface area is 122 Å². The van der Waals surface area contributed by atoms with E-state index >= 15 is 0 Å². The fourth-order valence-corrected chi connectivity index (χ4v) is 3.52. The lowest BCUT2D eigenvalue weighted by atomic mass is 10.1. The van der Waals surface area contributed by atoms with Gasteiger partial charge in [0.15, 0.2) is 9.84 Å². The minimum Gasteiger partial charge on any atom is -0.398 e. The van der Waals surface area contributed by atoms with Crippen LogP contribution in [0.15, 0.2) is 41.3 Å². The largest absolute Gasteiger partial charge is 0.398 e. The van der Waals surface area contributed by atoms with Crippen LogP contribution in [0.3, 0.4) is 0 Å². The Bertz CT molecular complexity index is 839. The molecule has 0 aromatic heterocycles. The molecule has 0 unspecified atom stereocenters. The van der Waals surface area contributed by atoms with Crippen molar-refractivity contribution in [3.63, 3.8) is 0 Å². The van der Waals surface area contributed by atoms with Gasteiger partial charge in [0, 0.05) is 5.56 Å². The number of anilines is 1. The predicted molar refractivity (Wildman–Crippen MR) is 77.6 cm³/mol. The van der Waals surface area contributed by atoms with E-state index in [1.54, 1.807) is 19.1 Å². The Kier molecular flexibility index (Phi) is 3.96. The van der Waals surface area contributed by atoms with Crippen LogP contribution in [0.2, 0.25) is 0 Å². The SMILES string of the molecule is Cc1ccc(N)c(S(=O)(=O)Cc2ccc(C#N)cc2F)c1. The number of rotatable bonds is 3. The van der Waals surface area contributed by atoms with Crippen molar-refractivity contribution in [3.05, 3.63) is 58.9 Å². The van der Waals surface area contributed by atoms with Crippen molar-refractivity contribution in [1.82, 2.24) is 0 Å². The normalized spacial score (nSPS) is 11.1. The summed E-state index contributed by atoms with van der Waals surface area (Å²) in [6, 6.07) is 10.2. The lowest BCUT2D eigenvalue weighted by molar-refractivity contribution is 0.587. The van der Waals surface area contributed by atoms with Gasteiger partial charge < -0.3 is 5.73 Å². The van der Waals surface area contributed by atoms with E-state index in [-0.39, 0.29) is 21.7 Å². The van der Waals surface area contributed by atoms with Gasteiger partial charge in [-0.3, -0.25) is 0 Å². The van der Waals surface area contributed by atoms with Crippen LogP contribution in [-0.4, -0.2) is 8.42 Å². The summed E-state index contributed by atoms with van der Waals surface area (Å²) >= 11 is 0. The zero-order valence-corrected chi connectivity index (χ0v) is 12.1. The quantitative estimate of drug-likeness (QED) is 0.883. The summed E-state index contributed by atoms with van der Waals surface area (Å²) < 4.78 is 38.6. The van der Waals surface area contributed by atoms with Gasteiger partial charge in [0.05, 0.1) is 28.0 Å². The van der Waals surface area contributed by atoms with Crippen LogP contribution in [-0.2, 0) is 15.6 Å². The van der Waals surface area contributed by atoms with Gasteiger partial charge in [0.2, 0.25) is 0 Å². The summed E-state index contributed by atoms with van der Waals surface area (Å²) in [6.07, 6.45) is 0. The molecule has 2 aromatic carbocycles. The van der Waals surface area contributed by atoms with Gasteiger partial charge in [-0.15, -0.1) is 0 Å². The molecule has 4 nitrogen and oxygen atoms in total. The van der Waals surface area contributed by atoms with Crippen molar-refractivity contribution in [2.45, 2.75) is 17.6 Å². The van der Waals surface area contributed by atoms with E-state index in [4.69, 9.17) is 11.0 Å². The summed E-state index contributed by atoms with van der Waals surface area (Å²) in [7, 11) is -3.76. The van der Waals surface area contributed by atoms with Crippen LogP contribution in [0.5, 0.6) is 0 Å². The molecule has 0 fully saturated rings. The Morgan fingerprint density at radius 2 is 1.95 bits per heavy atom. The first kappa shape index (κ1) is 15.0. The van der Waals surface area contributed by atoms with Crippen molar-refractivity contribution in [2.24, 2.45) is 0 Å². The van der Waals surface area contributed by atoms with Gasteiger partial charge in [-0.2, -0.15) is 5.26 Å². The van der Waals surface area contributed by atoms with Crippen LogP contribution in [0.4, 0.5) is 10.1 Å². The molecular weight excluding hydrogens is 291 g/mol. The monoisotopic (exact) mass is 304 g/mol. The first-order valence-corrected chi connectivity index (χ1v) is 7.76. The maximum absolute atomic E-state index is 13.8. The average Bonchev–Trinajstić information content (AvgIpc) is 2.43. The number of hydrogen-bond acceptors (Lipinski definition) is 4. The van der Waals surface area contributed by atoms with Gasteiger partial charge in [-0.25, -0.2) is 12.8 Å². The molecule has 21 heavy (non-hydrogen) atoms. The van der Waals surface area contributed by atoms with E-state index in [9.17, 15) is 12.8 Å². The van der Waals surface area contributed by atoms with Crippen LogP contribution < -0.4 is 5.73 Å². The number of hydrogen-bond donors (Lipinski definition) is 1. The van der Waals surface area contributed by atoms with Gasteiger partial charge >= 0.3 is 0 Å². The number of nitriles is 1. The third-order valence-electron chi connectivity index (χ3n) is 3.03. The van der Waals surface area contributed by atoms with E-state index in [1.165, 1.54) is 24.3 Å². The zero-order chi connectivity index (χ0) is 15.6. The maximum atomic E-state index is 13.8. The van der Waals surface area contributed by atoms with E-state index in [0.717, 1.165) is 11.6 Å². The molecule has 2 N–H and O–H groups in total. The van der Waals surface area contributed by atoms with Crippen molar-refractivity contribution >= 4 is 15.5 Å². The molecule has 0 heterocycles. The van der Waals surface area contributed by atoms with Crippen molar-refractivity contribution < 1.29 is 12.8 Å². The fraction of sp³-hybridized carbons (Fsp3) is 0.133. The molecule has 0 saturated heterocycles. The van der Waals surface area contributed by atoms with Crippen molar-refractivity contribution in [2.75, 3.05) is 5.73 Å². The lowest BCUT2D eigenvalue weighted by Crippen LogP contribution is -2.09. The first-order valence-electron chi connectivity index (χ1n) is 6.11. The topological polar surface area (TPSA) is 84.0 Å². The summed E-state index contributed by atoms with van der Waals surface area (Å²) in [5.41, 5.74) is 6.74. The van der Waals surface area contributed by atoms with Crippen molar-refractivity contribution in [3.8, 4) is 6.07 Å². The summed E-state index contributed by atoms with van der Waals surface area (Å²) in [6.45, 7) is 1.75. The second-order valence-corrected chi connectivity index (χ2v) is 6.68. The molecule has 0 aliphatic rings. The standard InChI is InChI=1S/C15H13FN2O2S/c1-10-2-5-14(18)15(6-10)21(19,20)9-12-4-3-11(8-17)7-13(12)16/h2-7H,9,18H2,1H3. The molecule has 2 aromatic rings. The minimum atomic E-state index is -3.76. The third kappa shape index (κ3) is 3.20. The molecule has 0 atom stereocenters. The molecule has 0 aliphatic carbocycles. The average molecular weight is 304 g/mol. The van der Waals surface area contributed by atoms with Crippen LogP contribution in [0, 0.1) is 24.1 Å². The Morgan fingerprint density at radius 3 is 2.57 bits per heavy atom. The highest BCUT2D eigenvalue weighted by Gasteiger charge is 2.20. The predicted octanol–water partition coefficient (Wildman–Crippen LogP) is 2.56. The highest BCUT2D eigenvalue weighted by Crippen LogP contribution is 2.24. The number of halogens is 1. The maximum Gasteiger partial charge on any atom is 0.184 e. The Balaban J connectivity index is 2.43. The molecule has 2 rings (SSSR count). The van der Waals surface area contributed by atoms with Gasteiger partial charge in [-0.1, -0.05) is 12.1 Å². The number of aryl methyl sites for hydroxylation is 1. The lowest BCUT2D eigenvalue weighted by Gasteiger charge is -2.09. The van der Waals surface area contributed by atoms with E-state index in [2.05, 4.69) is 0 Å². The Hall–Kier alpha value is -2.39. The van der Waals surface area contributed by atoms with E-state index in [1.807, 2.05) is 0 Å². The Morgan fingerprint density at radius 1 is 1.24 bits per heavy atom. The number of nitrogens with zero attached hydrogens (tertiary/aromatic N) is 1. The van der Waals surface area contributed by atoms with Crippen LogP contribution in [0.1, 0.15) is 16.7 Å². The molecule has 108 valence electrons. The highest BCUT2D eigenvalue weighted by molar-refractivity contribution is 7.90. The van der Waals surface area contributed by atoms with E-state index < -0.39 is 21.4 Å². The molecule has 0 radical (unpaired) electrons. The molecule has 0 saturated carbocycles. The summed E-state index contributed by atoms with van der Waals surface area (Å²) in [5.74, 6) is -1.22. The highest BCUT2D eigenvalue weighted by atomic mass is 32.2. The van der Waals surface area contributed by atoms with Gasteiger partial charge in [0.25, 0.3) is 0 Å². The number of benzene rings is 2. The second kappa shape index (κ2) is 5.54. The third-order valence-corrected chi connectivity index (χ3v) is 4.75. The molecule has 0 bridgehead atoms. The molecule has 0 spiro atoms. The first-order chi connectivity index (χ1) is 9.83. The van der Waals surface area contributed by atoms with E-state index in [0.29, 0.717) is 0 Å². The summed E-state index contributed by atoms with van der Waals surface area (Å²) in [5, 5.41) is 8.68. The zero-order valence-electron chi connectivity index (χ0n) is 11.3. The van der Waals surface area contributed by atoms with Crippen LogP contribution in [0.25, 0.3) is 0 Å². The van der Waals surface area contributed by atoms with Crippen molar-refractivity contribution in [1.29, 1.82) is 5.26 Å². The number of sulfone groups is 1. The number of nitrogens with two attached hydrogens (primary N) is 1. The second-order valence-electron chi connectivity index (χ2n) is 4.72. The summed E-state index contributed by atoms with van der Waals surface area (Å²) in [4.78, 5) is -0.00809. The molecule has 0 aliphatic heterocycles. The molecule has 6 heteroatoms. The van der Waals surface area contributed by atoms with Gasteiger partial charge in [0.1, 0.15) is 5.82 Å². The minimum absolute atomic E-state index is 0.00809. The molecular formula is C15H13FN2O2S. The van der Waals surface area contributed by atoms with Crippen LogP contribution >= 0.6 is 0 Å². The fourth-order valence-electron chi connectivity index (χ4n) is 1.93. The molecule has 0 amide bonds. The van der Waals surface area contributed by atoms with Gasteiger partial charge in [-0.05, 0) is 36.8 Å². The smallest absolute Gasteiger partial charge is 0.184 e.